The molecule has 0 aliphatic rings. The van der Waals surface area contributed by atoms with E-state index in [0.717, 1.165) is 6.07 Å². The quantitative estimate of drug-likeness (QED) is 0.863. The van der Waals surface area contributed by atoms with Gasteiger partial charge in [-0.3, -0.25) is 0 Å². The van der Waals surface area contributed by atoms with Gasteiger partial charge in [0.05, 0.1) is 10.6 Å². The highest BCUT2D eigenvalue weighted by atomic mass is 35.5. The van der Waals surface area contributed by atoms with Gasteiger partial charge in [-0.15, -0.1) is 0 Å². The van der Waals surface area contributed by atoms with E-state index in [1.165, 1.54) is 0 Å². The summed E-state index contributed by atoms with van der Waals surface area (Å²) in [6.07, 6.45) is -5.91. The number of hydrogen-bond donors (Lipinski definition) is 1. The number of carboxylic acid groups (broad SMARTS) is 1. The molecule has 0 bridgehead atoms. The number of alkyl halides is 5. The van der Waals surface area contributed by atoms with E-state index in [4.69, 9.17) is 16.7 Å². The Morgan fingerprint density at radius 3 is 2.17 bits per heavy atom. The van der Waals surface area contributed by atoms with Crippen LogP contribution < -0.4 is 0 Å². The van der Waals surface area contributed by atoms with Crippen LogP contribution in [0, 0.1) is 0 Å². The normalized spacial score (nSPS) is 12.6. The summed E-state index contributed by atoms with van der Waals surface area (Å²) < 4.78 is 62.6. The molecule has 18 heavy (non-hydrogen) atoms. The zero-order valence-electron chi connectivity index (χ0n) is 8.56. The summed E-state index contributed by atoms with van der Waals surface area (Å²) in [4.78, 5) is 10.2. The lowest BCUT2D eigenvalue weighted by Crippen LogP contribution is -2.30. The standard InChI is InChI=1S/C10H6ClF5O2/c11-7-3-5(4-9(12,13)8(17)18)1-2-6(7)10(14,15)16/h1-3H,4H2,(H,17,18). The van der Waals surface area contributed by atoms with Crippen LogP contribution >= 0.6 is 11.6 Å². The molecule has 100 valence electrons. The SMILES string of the molecule is O=C(O)C(F)(F)Cc1ccc(C(F)(F)F)c(Cl)c1. The van der Waals surface area contributed by atoms with E-state index >= 15 is 0 Å². The van der Waals surface area contributed by atoms with Crippen LogP contribution in [-0.2, 0) is 17.4 Å². The van der Waals surface area contributed by atoms with Crippen molar-refractivity contribution in [3.63, 3.8) is 0 Å². The fourth-order valence-electron chi connectivity index (χ4n) is 1.23. The van der Waals surface area contributed by atoms with E-state index in [9.17, 15) is 26.7 Å². The Balaban J connectivity index is 3.03. The zero-order valence-corrected chi connectivity index (χ0v) is 9.32. The van der Waals surface area contributed by atoms with E-state index < -0.39 is 35.1 Å². The first-order valence-electron chi connectivity index (χ1n) is 4.51. The van der Waals surface area contributed by atoms with Gasteiger partial charge in [0.25, 0.3) is 0 Å². The van der Waals surface area contributed by atoms with Gasteiger partial charge in [-0.1, -0.05) is 17.7 Å². The third-order valence-electron chi connectivity index (χ3n) is 2.08. The Morgan fingerprint density at radius 2 is 1.78 bits per heavy atom. The molecule has 2 nitrogen and oxygen atoms in total. The molecule has 0 aromatic heterocycles. The molecule has 0 spiro atoms. The predicted molar refractivity (Wildman–Crippen MR) is 52.7 cm³/mol. The highest BCUT2D eigenvalue weighted by Crippen LogP contribution is 2.35. The first-order valence-corrected chi connectivity index (χ1v) is 4.88. The highest BCUT2D eigenvalue weighted by Gasteiger charge is 2.39. The summed E-state index contributed by atoms with van der Waals surface area (Å²) in [7, 11) is 0. The van der Waals surface area contributed by atoms with Crippen molar-refractivity contribution in [2.24, 2.45) is 0 Å². The van der Waals surface area contributed by atoms with E-state index in [0.29, 0.717) is 12.1 Å². The average Bonchev–Trinajstić information content (AvgIpc) is 2.14. The number of carbonyl (C=O) groups is 1. The first-order chi connectivity index (χ1) is 8.04. The van der Waals surface area contributed by atoms with Crippen molar-refractivity contribution in [3.8, 4) is 0 Å². The molecular weight excluding hydrogens is 283 g/mol. The third kappa shape index (κ3) is 3.32. The molecule has 0 aliphatic carbocycles. The monoisotopic (exact) mass is 288 g/mol. The van der Waals surface area contributed by atoms with Gasteiger partial charge in [0.1, 0.15) is 0 Å². The minimum atomic E-state index is -4.69. The fraction of sp³-hybridized carbons (Fsp3) is 0.300. The average molecular weight is 289 g/mol. The lowest BCUT2D eigenvalue weighted by Gasteiger charge is -2.13. The minimum absolute atomic E-state index is 0.291. The zero-order chi connectivity index (χ0) is 14.1. The summed E-state index contributed by atoms with van der Waals surface area (Å²) >= 11 is 5.31. The van der Waals surface area contributed by atoms with Crippen LogP contribution in [0.25, 0.3) is 0 Å². The van der Waals surface area contributed by atoms with Crippen molar-refractivity contribution in [3.05, 3.63) is 34.3 Å². The third-order valence-corrected chi connectivity index (χ3v) is 2.39. The molecule has 0 saturated carbocycles. The Kier molecular flexibility index (Phi) is 3.85. The number of hydrogen-bond acceptors (Lipinski definition) is 1. The van der Waals surface area contributed by atoms with E-state index in [1.54, 1.807) is 0 Å². The number of carboxylic acids is 1. The Labute approximate surface area is 103 Å². The topological polar surface area (TPSA) is 37.3 Å². The highest BCUT2D eigenvalue weighted by molar-refractivity contribution is 6.31. The number of rotatable bonds is 3. The summed E-state index contributed by atoms with van der Waals surface area (Å²) in [5.74, 6) is -6.40. The molecule has 0 heterocycles. The van der Waals surface area contributed by atoms with Gasteiger partial charge in [-0.05, 0) is 17.7 Å². The van der Waals surface area contributed by atoms with Crippen molar-refractivity contribution in [1.82, 2.24) is 0 Å². The molecule has 0 atom stereocenters. The molecule has 0 aliphatic heterocycles. The maximum atomic E-state index is 12.8. The molecule has 0 radical (unpaired) electrons. The molecule has 0 saturated heterocycles. The van der Waals surface area contributed by atoms with Gasteiger partial charge in [-0.25, -0.2) is 4.79 Å². The molecule has 0 amide bonds. The lowest BCUT2D eigenvalue weighted by atomic mass is 10.0. The summed E-state index contributed by atoms with van der Waals surface area (Å²) in [6, 6.07) is 1.99. The largest absolute Gasteiger partial charge is 0.477 e. The van der Waals surface area contributed by atoms with E-state index in [2.05, 4.69) is 0 Å². The lowest BCUT2D eigenvalue weighted by molar-refractivity contribution is -0.164. The van der Waals surface area contributed by atoms with E-state index in [1.807, 2.05) is 0 Å². The molecule has 1 rings (SSSR count). The predicted octanol–water partition coefficient (Wildman–Crippen LogP) is 3.62. The van der Waals surface area contributed by atoms with Crippen LogP contribution in [-0.4, -0.2) is 17.0 Å². The van der Waals surface area contributed by atoms with Gasteiger partial charge >= 0.3 is 18.1 Å². The van der Waals surface area contributed by atoms with Crippen molar-refractivity contribution >= 4 is 17.6 Å². The van der Waals surface area contributed by atoms with Crippen molar-refractivity contribution in [2.45, 2.75) is 18.5 Å². The van der Waals surface area contributed by atoms with Gasteiger partial charge in [-0.2, -0.15) is 22.0 Å². The molecule has 0 fully saturated rings. The van der Waals surface area contributed by atoms with Crippen LogP contribution in [0.5, 0.6) is 0 Å². The smallest absolute Gasteiger partial charge is 0.417 e. The number of aliphatic carboxylic acids is 1. The van der Waals surface area contributed by atoms with Crippen molar-refractivity contribution in [1.29, 1.82) is 0 Å². The second kappa shape index (κ2) is 4.72. The van der Waals surface area contributed by atoms with Gasteiger partial charge in [0, 0.05) is 6.42 Å². The van der Waals surface area contributed by atoms with Crippen LogP contribution in [0.2, 0.25) is 5.02 Å². The molecule has 8 heteroatoms. The van der Waals surface area contributed by atoms with Gasteiger partial charge in [0.2, 0.25) is 0 Å². The van der Waals surface area contributed by atoms with Crippen LogP contribution in [0.1, 0.15) is 11.1 Å². The Morgan fingerprint density at radius 1 is 1.22 bits per heavy atom. The number of benzene rings is 1. The molecule has 1 aromatic rings. The number of halogens is 6. The molecule has 0 unspecified atom stereocenters. The summed E-state index contributed by atoms with van der Waals surface area (Å²) in [6.45, 7) is 0. The first kappa shape index (κ1) is 14.7. The van der Waals surface area contributed by atoms with Gasteiger partial charge in [0.15, 0.2) is 0 Å². The molecular formula is C10H6ClF5O2. The van der Waals surface area contributed by atoms with Crippen molar-refractivity contribution in [2.75, 3.05) is 0 Å². The fourth-order valence-corrected chi connectivity index (χ4v) is 1.54. The maximum absolute atomic E-state index is 12.8. The van der Waals surface area contributed by atoms with Gasteiger partial charge < -0.3 is 5.11 Å². The maximum Gasteiger partial charge on any atom is 0.417 e. The van der Waals surface area contributed by atoms with Crippen LogP contribution in [0.15, 0.2) is 18.2 Å². The minimum Gasteiger partial charge on any atom is -0.477 e. The van der Waals surface area contributed by atoms with Crippen molar-refractivity contribution < 1.29 is 31.9 Å². The second-order valence-electron chi connectivity index (χ2n) is 3.50. The summed E-state index contributed by atoms with van der Waals surface area (Å²) in [5.41, 5.74) is -1.45. The molecule has 1 N–H and O–H groups in total. The van der Waals surface area contributed by atoms with E-state index in [-0.39, 0.29) is 5.56 Å². The second-order valence-corrected chi connectivity index (χ2v) is 3.91. The Hall–Kier alpha value is -1.37. The Bertz CT molecular complexity index is 470. The molecule has 1 aromatic carbocycles. The van der Waals surface area contributed by atoms with Crippen LogP contribution in [0.3, 0.4) is 0 Å². The van der Waals surface area contributed by atoms with Crippen LogP contribution in [0.4, 0.5) is 22.0 Å². The summed E-state index contributed by atoms with van der Waals surface area (Å²) in [5, 5.41) is 7.44.